The van der Waals surface area contributed by atoms with E-state index < -0.39 is 0 Å². The summed E-state index contributed by atoms with van der Waals surface area (Å²) in [4.78, 5) is 11.8. The average Bonchev–Trinajstić information content (AvgIpc) is 2.38. The van der Waals surface area contributed by atoms with E-state index in [0.717, 1.165) is 6.54 Å². The highest BCUT2D eigenvalue weighted by atomic mass is 16.5. The Bertz CT molecular complexity index is 257. The van der Waals surface area contributed by atoms with Crippen molar-refractivity contribution in [3.8, 4) is 0 Å². The van der Waals surface area contributed by atoms with E-state index in [2.05, 4.69) is 26.1 Å². The Morgan fingerprint density at radius 3 is 2.58 bits per heavy atom. The van der Waals surface area contributed by atoms with Crippen molar-refractivity contribution in [3.05, 3.63) is 0 Å². The van der Waals surface area contributed by atoms with Crippen molar-refractivity contribution in [1.29, 1.82) is 0 Å². The van der Waals surface area contributed by atoms with E-state index in [1.165, 1.54) is 44.9 Å². The maximum Gasteiger partial charge on any atom is 0.306 e. The number of carbonyl (C=O) groups is 1. The minimum atomic E-state index is -0.114. The van der Waals surface area contributed by atoms with Crippen molar-refractivity contribution in [2.45, 2.75) is 77.7 Å². The van der Waals surface area contributed by atoms with E-state index in [1.54, 1.807) is 0 Å². The van der Waals surface area contributed by atoms with Crippen molar-refractivity contribution in [3.63, 3.8) is 0 Å². The average molecular weight is 269 g/mol. The zero-order valence-corrected chi connectivity index (χ0v) is 13.0. The van der Waals surface area contributed by atoms with Gasteiger partial charge in [0.1, 0.15) is 6.61 Å². The molecule has 0 spiro atoms. The number of hydrogen-bond donors (Lipinski definition) is 1. The molecule has 1 N–H and O–H groups in total. The number of nitrogens with one attached hydrogen (secondary N) is 1. The molecule has 0 saturated heterocycles. The summed E-state index contributed by atoms with van der Waals surface area (Å²) in [5, 5.41) is 3.44. The second kappa shape index (κ2) is 8.57. The molecule has 1 fully saturated rings. The molecule has 3 nitrogen and oxygen atoms in total. The van der Waals surface area contributed by atoms with E-state index in [9.17, 15) is 4.79 Å². The van der Waals surface area contributed by atoms with Crippen LogP contribution in [0.3, 0.4) is 0 Å². The molecule has 112 valence electrons. The molecule has 3 heteroatoms. The van der Waals surface area contributed by atoms with Crippen LogP contribution in [0.25, 0.3) is 0 Å². The highest BCUT2D eigenvalue weighted by molar-refractivity contribution is 5.69. The second-order valence-corrected chi connectivity index (χ2v) is 6.53. The van der Waals surface area contributed by atoms with Gasteiger partial charge < -0.3 is 10.1 Å². The lowest BCUT2D eigenvalue weighted by molar-refractivity contribution is -0.147. The predicted molar refractivity (Wildman–Crippen MR) is 79.1 cm³/mol. The molecule has 1 saturated carbocycles. The summed E-state index contributed by atoms with van der Waals surface area (Å²) in [6.07, 6.45) is 9.26. The monoisotopic (exact) mass is 269 g/mol. The van der Waals surface area contributed by atoms with Gasteiger partial charge in [0.25, 0.3) is 0 Å². The number of rotatable bonds is 8. The maximum absolute atomic E-state index is 11.8. The van der Waals surface area contributed by atoms with Crippen molar-refractivity contribution >= 4 is 5.97 Å². The van der Waals surface area contributed by atoms with Crippen LogP contribution in [-0.2, 0) is 9.53 Å². The summed E-state index contributed by atoms with van der Waals surface area (Å²) in [6, 6.07) is 0. The van der Waals surface area contributed by atoms with Crippen molar-refractivity contribution in [2.75, 3.05) is 13.2 Å². The van der Waals surface area contributed by atoms with Crippen LogP contribution in [0.4, 0.5) is 0 Å². The van der Waals surface area contributed by atoms with E-state index in [1.807, 2.05) is 0 Å². The highest BCUT2D eigenvalue weighted by Gasteiger charge is 2.22. The first kappa shape index (κ1) is 16.5. The van der Waals surface area contributed by atoms with Crippen molar-refractivity contribution in [2.24, 2.45) is 5.92 Å². The first-order chi connectivity index (χ1) is 9.03. The van der Waals surface area contributed by atoms with Crippen LogP contribution in [-0.4, -0.2) is 24.7 Å². The number of unbranched alkanes of at least 4 members (excludes halogenated alkanes) is 1. The van der Waals surface area contributed by atoms with Crippen molar-refractivity contribution < 1.29 is 9.53 Å². The van der Waals surface area contributed by atoms with Crippen LogP contribution >= 0.6 is 0 Å². The Hall–Kier alpha value is -0.570. The largest absolute Gasteiger partial charge is 0.464 e. The predicted octanol–water partition coefficient (Wildman–Crippen LogP) is 3.67. The van der Waals surface area contributed by atoms with Gasteiger partial charge in [-0.05, 0) is 45.6 Å². The molecule has 0 bridgehead atoms. The van der Waals surface area contributed by atoms with Gasteiger partial charge in [-0.2, -0.15) is 0 Å². The third-order valence-corrected chi connectivity index (χ3v) is 3.91. The Labute approximate surface area is 118 Å². The zero-order valence-electron chi connectivity index (χ0n) is 13.0. The lowest BCUT2D eigenvalue weighted by Gasteiger charge is -2.27. The minimum absolute atomic E-state index is 0.0164. The first-order valence-electron chi connectivity index (χ1n) is 7.94. The van der Waals surface area contributed by atoms with E-state index >= 15 is 0 Å². The number of ether oxygens (including phenoxy) is 1. The molecule has 1 aliphatic carbocycles. The fraction of sp³-hybridized carbons (Fsp3) is 0.938. The number of hydrogen-bond acceptors (Lipinski definition) is 3. The summed E-state index contributed by atoms with van der Waals surface area (Å²) in [6.45, 7) is 7.83. The SMILES string of the molecule is CCCCNC(C)(C)COC(=O)CC1CCCCC1. The second-order valence-electron chi connectivity index (χ2n) is 6.53. The molecule has 1 rings (SSSR count). The molecule has 1 aliphatic rings. The molecule has 0 aliphatic heterocycles. The van der Waals surface area contributed by atoms with E-state index in [0.29, 0.717) is 18.9 Å². The Morgan fingerprint density at radius 2 is 1.95 bits per heavy atom. The molecule has 0 amide bonds. The highest BCUT2D eigenvalue weighted by Crippen LogP contribution is 2.26. The summed E-state index contributed by atoms with van der Waals surface area (Å²) < 4.78 is 5.44. The molecule has 0 aromatic heterocycles. The summed E-state index contributed by atoms with van der Waals surface area (Å²) >= 11 is 0. The maximum atomic E-state index is 11.8. The number of carbonyl (C=O) groups excluding carboxylic acids is 1. The number of esters is 1. The molecule has 0 radical (unpaired) electrons. The fourth-order valence-corrected chi connectivity index (χ4v) is 2.60. The Kier molecular flexibility index (Phi) is 7.44. The molecule has 19 heavy (non-hydrogen) atoms. The fourth-order valence-electron chi connectivity index (χ4n) is 2.60. The molecular weight excluding hydrogens is 238 g/mol. The van der Waals surface area contributed by atoms with Gasteiger partial charge in [-0.1, -0.05) is 32.6 Å². The topological polar surface area (TPSA) is 38.3 Å². The normalized spacial score (nSPS) is 17.4. The van der Waals surface area contributed by atoms with Crippen LogP contribution in [0.5, 0.6) is 0 Å². The molecular formula is C16H31NO2. The third-order valence-electron chi connectivity index (χ3n) is 3.91. The van der Waals surface area contributed by atoms with Gasteiger partial charge in [0.2, 0.25) is 0 Å². The van der Waals surface area contributed by atoms with Gasteiger partial charge in [0.15, 0.2) is 0 Å². The van der Waals surface area contributed by atoms with Gasteiger partial charge in [0.05, 0.1) is 0 Å². The van der Waals surface area contributed by atoms with Crippen LogP contribution in [0, 0.1) is 5.92 Å². The van der Waals surface area contributed by atoms with Gasteiger partial charge >= 0.3 is 5.97 Å². The third kappa shape index (κ3) is 7.56. The smallest absolute Gasteiger partial charge is 0.306 e. The quantitative estimate of drug-likeness (QED) is 0.540. The molecule has 0 aromatic rings. The van der Waals surface area contributed by atoms with Gasteiger partial charge in [-0.3, -0.25) is 4.79 Å². The molecule has 0 heterocycles. The molecule has 0 unspecified atom stereocenters. The van der Waals surface area contributed by atoms with Crippen molar-refractivity contribution in [1.82, 2.24) is 5.32 Å². The van der Waals surface area contributed by atoms with Crippen LogP contribution < -0.4 is 5.32 Å². The summed E-state index contributed by atoms with van der Waals surface area (Å²) in [5.74, 6) is 0.551. The van der Waals surface area contributed by atoms with Gasteiger partial charge in [-0.25, -0.2) is 0 Å². The van der Waals surface area contributed by atoms with E-state index in [-0.39, 0.29) is 11.5 Å². The molecule has 0 atom stereocenters. The first-order valence-corrected chi connectivity index (χ1v) is 7.94. The van der Waals surface area contributed by atoms with Crippen LogP contribution in [0.2, 0.25) is 0 Å². The van der Waals surface area contributed by atoms with Crippen LogP contribution in [0.1, 0.15) is 72.1 Å². The Morgan fingerprint density at radius 1 is 1.26 bits per heavy atom. The van der Waals surface area contributed by atoms with Gasteiger partial charge in [-0.15, -0.1) is 0 Å². The molecule has 0 aromatic carbocycles. The van der Waals surface area contributed by atoms with Gasteiger partial charge in [0, 0.05) is 12.0 Å². The Balaban J connectivity index is 2.17. The minimum Gasteiger partial charge on any atom is -0.464 e. The lowest BCUT2D eigenvalue weighted by Crippen LogP contribution is -2.44. The summed E-state index contributed by atoms with van der Waals surface area (Å²) in [5.41, 5.74) is -0.114. The summed E-state index contributed by atoms with van der Waals surface area (Å²) in [7, 11) is 0. The van der Waals surface area contributed by atoms with E-state index in [4.69, 9.17) is 4.74 Å². The van der Waals surface area contributed by atoms with Crippen LogP contribution in [0.15, 0.2) is 0 Å². The lowest BCUT2D eigenvalue weighted by atomic mass is 9.87. The standard InChI is InChI=1S/C16H31NO2/c1-4-5-11-17-16(2,3)13-19-15(18)12-14-9-7-6-8-10-14/h14,17H,4-13H2,1-3H3. The zero-order chi connectivity index (χ0) is 14.1.